The average Bonchev–Trinajstić information content (AvgIpc) is 3.08. The van der Waals surface area contributed by atoms with Crippen LogP contribution in [-0.4, -0.2) is 24.7 Å². The number of imidazole rings is 1. The average molecular weight is 313 g/mol. The van der Waals surface area contributed by atoms with Gasteiger partial charge in [0.25, 0.3) is 5.69 Å². The molecule has 1 aromatic carbocycles. The summed E-state index contributed by atoms with van der Waals surface area (Å²) in [7, 11) is 0. The standard InChI is InChI=1S/C14H11N5O2S/c20-19(21)12-3-1-2-11(8-12)9-22-14-5-4-13(16-17-14)18-7-6-15-10-18/h1-8,10H,9H2. The lowest BCUT2D eigenvalue weighted by molar-refractivity contribution is -0.384. The van der Waals surface area contributed by atoms with E-state index in [1.165, 1.54) is 17.8 Å². The highest BCUT2D eigenvalue weighted by Gasteiger charge is 2.06. The molecule has 0 amide bonds. The highest BCUT2D eigenvalue weighted by atomic mass is 32.2. The number of nitro groups is 1. The fraction of sp³-hybridized carbons (Fsp3) is 0.0714. The van der Waals surface area contributed by atoms with Crippen LogP contribution < -0.4 is 0 Å². The van der Waals surface area contributed by atoms with Gasteiger partial charge in [0.1, 0.15) is 11.4 Å². The van der Waals surface area contributed by atoms with E-state index in [4.69, 9.17) is 0 Å². The smallest absolute Gasteiger partial charge is 0.269 e. The van der Waals surface area contributed by atoms with Crippen LogP contribution in [0.15, 0.2) is 60.1 Å². The zero-order valence-corrected chi connectivity index (χ0v) is 12.2. The largest absolute Gasteiger partial charge is 0.289 e. The topological polar surface area (TPSA) is 86.7 Å². The molecule has 7 nitrogen and oxygen atoms in total. The Hall–Kier alpha value is -2.74. The van der Waals surface area contributed by atoms with Gasteiger partial charge in [-0.1, -0.05) is 23.9 Å². The molecular weight excluding hydrogens is 302 g/mol. The molecule has 3 aromatic rings. The van der Waals surface area contributed by atoms with E-state index >= 15 is 0 Å². The molecule has 3 rings (SSSR count). The van der Waals surface area contributed by atoms with E-state index < -0.39 is 4.92 Å². The minimum absolute atomic E-state index is 0.0969. The molecule has 110 valence electrons. The molecule has 0 unspecified atom stereocenters. The summed E-state index contributed by atoms with van der Waals surface area (Å²) in [5.74, 6) is 1.29. The molecule has 0 saturated heterocycles. The molecular formula is C14H11N5O2S. The van der Waals surface area contributed by atoms with Gasteiger partial charge in [-0.05, 0) is 17.7 Å². The van der Waals surface area contributed by atoms with Crippen LogP contribution in [0.25, 0.3) is 5.82 Å². The van der Waals surface area contributed by atoms with Crippen LogP contribution in [0.3, 0.4) is 0 Å². The van der Waals surface area contributed by atoms with E-state index in [1.807, 2.05) is 18.2 Å². The number of nitrogens with zero attached hydrogens (tertiary/aromatic N) is 5. The minimum Gasteiger partial charge on any atom is -0.289 e. The Bertz CT molecular complexity index is 774. The van der Waals surface area contributed by atoms with Crippen molar-refractivity contribution in [2.24, 2.45) is 0 Å². The van der Waals surface area contributed by atoms with Crippen molar-refractivity contribution in [1.29, 1.82) is 0 Å². The van der Waals surface area contributed by atoms with E-state index in [-0.39, 0.29) is 5.69 Å². The van der Waals surface area contributed by atoms with Gasteiger partial charge in [-0.2, -0.15) is 0 Å². The maximum atomic E-state index is 10.7. The third kappa shape index (κ3) is 3.29. The van der Waals surface area contributed by atoms with Gasteiger partial charge in [-0.15, -0.1) is 10.2 Å². The number of hydrogen-bond acceptors (Lipinski definition) is 6. The van der Waals surface area contributed by atoms with Crippen molar-refractivity contribution in [3.63, 3.8) is 0 Å². The number of non-ortho nitro benzene ring substituents is 1. The molecule has 0 N–H and O–H groups in total. The Balaban J connectivity index is 1.66. The molecule has 0 aliphatic rings. The minimum atomic E-state index is -0.395. The quantitative estimate of drug-likeness (QED) is 0.409. The van der Waals surface area contributed by atoms with Crippen LogP contribution in [0.4, 0.5) is 5.69 Å². The van der Waals surface area contributed by atoms with Crippen molar-refractivity contribution >= 4 is 17.4 Å². The monoisotopic (exact) mass is 313 g/mol. The lowest BCUT2D eigenvalue weighted by Crippen LogP contribution is -1.97. The van der Waals surface area contributed by atoms with Gasteiger partial charge in [0.15, 0.2) is 5.82 Å². The van der Waals surface area contributed by atoms with E-state index in [2.05, 4.69) is 15.2 Å². The van der Waals surface area contributed by atoms with Gasteiger partial charge in [-0.25, -0.2) is 4.98 Å². The Kier molecular flexibility index (Phi) is 4.10. The SMILES string of the molecule is O=[N+]([O-])c1cccc(CSc2ccc(-n3ccnc3)nn2)c1. The molecule has 0 aliphatic heterocycles. The summed E-state index contributed by atoms with van der Waals surface area (Å²) in [6.07, 6.45) is 5.12. The van der Waals surface area contributed by atoms with Crippen LogP contribution in [0.2, 0.25) is 0 Å². The molecule has 22 heavy (non-hydrogen) atoms. The maximum Gasteiger partial charge on any atom is 0.269 e. The molecule has 0 bridgehead atoms. The summed E-state index contributed by atoms with van der Waals surface area (Å²) >= 11 is 1.48. The zero-order chi connectivity index (χ0) is 15.4. The zero-order valence-electron chi connectivity index (χ0n) is 11.4. The third-order valence-corrected chi connectivity index (χ3v) is 3.89. The number of thioether (sulfide) groups is 1. The first-order valence-corrected chi connectivity index (χ1v) is 7.39. The Morgan fingerprint density at radius 1 is 1.23 bits per heavy atom. The molecule has 0 radical (unpaired) electrons. The molecule has 0 saturated carbocycles. The summed E-state index contributed by atoms with van der Waals surface area (Å²) < 4.78 is 1.77. The van der Waals surface area contributed by atoms with Crippen LogP contribution in [0, 0.1) is 10.1 Å². The van der Waals surface area contributed by atoms with Crippen LogP contribution >= 0.6 is 11.8 Å². The second kappa shape index (κ2) is 6.35. The number of benzene rings is 1. The van der Waals surface area contributed by atoms with Crippen LogP contribution in [0.5, 0.6) is 0 Å². The lowest BCUT2D eigenvalue weighted by atomic mass is 10.2. The first-order chi connectivity index (χ1) is 10.7. The first-order valence-electron chi connectivity index (χ1n) is 6.40. The van der Waals surface area contributed by atoms with E-state index in [0.717, 1.165) is 10.6 Å². The number of rotatable bonds is 5. The summed E-state index contributed by atoms with van der Waals surface area (Å²) in [4.78, 5) is 14.3. The molecule has 0 atom stereocenters. The second-order valence-electron chi connectivity index (χ2n) is 4.42. The fourth-order valence-electron chi connectivity index (χ4n) is 1.84. The van der Waals surface area contributed by atoms with Gasteiger partial charge in [-0.3, -0.25) is 14.7 Å². The van der Waals surface area contributed by atoms with Crippen molar-refractivity contribution in [3.05, 3.63) is 70.8 Å². The van der Waals surface area contributed by atoms with Gasteiger partial charge >= 0.3 is 0 Å². The Morgan fingerprint density at radius 3 is 2.82 bits per heavy atom. The highest BCUT2D eigenvalue weighted by molar-refractivity contribution is 7.98. The normalized spacial score (nSPS) is 10.5. The van der Waals surface area contributed by atoms with Crippen molar-refractivity contribution < 1.29 is 4.92 Å². The summed E-state index contributed by atoms with van der Waals surface area (Å²) in [5, 5.41) is 19.8. The molecule has 2 aromatic heterocycles. The summed E-state index contributed by atoms with van der Waals surface area (Å²) in [6, 6.07) is 10.3. The van der Waals surface area contributed by atoms with Crippen molar-refractivity contribution in [1.82, 2.24) is 19.7 Å². The fourth-order valence-corrected chi connectivity index (χ4v) is 2.60. The highest BCUT2D eigenvalue weighted by Crippen LogP contribution is 2.23. The van der Waals surface area contributed by atoms with Crippen molar-refractivity contribution in [2.45, 2.75) is 10.8 Å². The van der Waals surface area contributed by atoms with E-state index in [9.17, 15) is 10.1 Å². The van der Waals surface area contributed by atoms with Crippen LogP contribution in [-0.2, 0) is 5.75 Å². The lowest BCUT2D eigenvalue weighted by Gasteiger charge is -2.03. The summed E-state index contributed by atoms with van der Waals surface area (Å²) in [5.41, 5.74) is 0.972. The Morgan fingerprint density at radius 2 is 2.14 bits per heavy atom. The molecule has 0 aliphatic carbocycles. The van der Waals surface area contributed by atoms with Crippen LogP contribution in [0.1, 0.15) is 5.56 Å². The molecule has 8 heteroatoms. The molecule has 0 fully saturated rings. The van der Waals surface area contributed by atoms with Crippen molar-refractivity contribution in [3.8, 4) is 5.82 Å². The van der Waals surface area contributed by atoms with Gasteiger partial charge in [0.2, 0.25) is 0 Å². The number of aromatic nitrogens is 4. The van der Waals surface area contributed by atoms with E-state index in [1.54, 1.807) is 35.4 Å². The van der Waals surface area contributed by atoms with Gasteiger partial charge in [0, 0.05) is 30.3 Å². The summed E-state index contributed by atoms with van der Waals surface area (Å²) in [6.45, 7) is 0. The number of hydrogen-bond donors (Lipinski definition) is 0. The van der Waals surface area contributed by atoms with Gasteiger partial charge < -0.3 is 0 Å². The van der Waals surface area contributed by atoms with E-state index in [0.29, 0.717) is 11.6 Å². The van der Waals surface area contributed by atoms with Gasteiger partial charge in [0.05, 0.1) is 4.92 Å². The Labute approximate surface area is 130 Å². The maximum absolute atomic E-state index is 10.7. The molecule has 0 spiro atoms. The van der Waals surface area contributed by atoms with Crippen molar-refractivity contribution in [2.75, 3.05) is 0 Å². The first kappa shape index (κ1) is 14.2. The third-order valence-electron chi connectivity index (χ3n) is 2.90. The molecule has 2 heterocycles. The number of nitro benzene ring substituents is 1. The predicted molar refractivity (Wildman–Crippen MR) is 81.8 cm³/mol. The predicted octanol–water partition coefficient (Wildman–Crippen LogP) is 2.86. The second-order valence-corrected chi connectivity index (χ2v) is 5.41.